The SMILES string of the molecule is CCC(COc1ccc(Oc2cccc(C)c2)cc1)Oc1ccccn1. The van der Waals surface area contributed by atoms with Gasteiger partial charge in [0.15, 0.2) is 0 Å². The van der Waals surface area contributed by atoms with Crippen LogP contribution in [0, 0.1) is 6.92 Å². The first-order valence-electron chi connectivity index (χ1n) is 8.78. The fraction of sp³-hybridized carbons (Fsp3) is 0.227. The first-order chi connectivity index (χ1) is 12.7. The topological polar surface area (TPSA) is 40.6 Å². The molecule has 2 aromatic carbocycles. The smallest absolute Gasteiger partial charge is 0.213 e. The van der Waals surface area contributed by atoms with Crippen LogP contribution in [0.15, 0.2) is 72.9 Å². The fourth-order valence-electron chi connectivity index (χ4n) is 2.43. The van der Waals surface area contributed by atoms with E-state index < -0.39 is 0 Å². The second-order valence-corrected chi connectivity index (χ2v) is 6.02. The Morgan fingerprint density at radius 2 is 1.69 bits per heavy atom. The third kappa shape index (κ3) is 5.24. The van der Waals surface area contributed by atoms with Gasteiger partial charge in [-0.15, -0.1) is 0 Å². The summed E-state index contributed by atoms with van der Waals surface area (Å²) >= 11 is 0. The number of hydrogen-bond acceptors (Lipinski definition) is 4. The summed E-state index contributed by atoms with van der Waals surface area (Å²) < 4.78 is 17.5. The maximum Gasteiger partial charge on any atom is 0.213 e. The molecule has 3 rings (SSSR count). The maximum atomic E-state index is 5.85. The molecule has 1 aromatic heterocycles. The van der Waals surface area contributed by atoms with Gasteiger partial charge in [0.2, 0.25) is 5.88 Å². The number of benzene rings is 2. The zero-order valence-corrected chi connectivity index (χ0v) is 15.1. The van der Waals surface area contributed by atoms with E-state index in [1.807, 2.05) is 73.7 Å². The molecule has 4 nitrogen and oxygen atoms in total. The molecule has 134 valence electrons. The van der Waals surface area contributed by atoms with Gasteiger partial charge in [0.25, 0.3) is 0 Å². The highest BCUT2D eigenvalue weighted by Gasteiger charge is 2.10. The average molecular weight is 349 g/mol. The van der Waals surface area contributed by atoms with E-state index in [1.54, 1.807) is 6.20 Å². The molecule has 0 N–H and O–H groups in total. The molecule has 0 saturated carbocycles. The standard InChI is InChI=1S/C22H23NO3/c1-3-18(26-22-9-4-5-14-23-22)16-24-19-10-12-20(13-11-19)25-21-8-6-7-17(2)15-21/h4-15,18H,3,16H2,1-2H3. The highest BCUT2D eigenvalue weighted by molar-refractivity contribution is 5.36. The quantitative estimate of drug-likeness (QED) is 0.544. The number of ether oxygens (including phenoxy) is 3. The maximum absolute atomic E-state index is 5.85. The zero-order chi connectivity index (χ0) is 18.2. The minimum Gasteiger partial charge on any atom is -0.490 e. The van der Waals surface area contributed by atoms with Gasteiger partial charge in [-0.25, -0.2) is 4.98 Å². The lowest BCUT2D eigenvalue weighted by atomic mass is 10.2. The molecule has 0 amide bonds. The first kappa shape index (κ1) is 17.8. The molecule has 0 bridgehead atoms. The molecule has 1 atom stereocenters. The lowest BCUT2D eigenvalue weighted by molar-refractivity contribution is 0.120. The Balaban J connectivity index is 1.53. The monoisotopic (exact) mass is 349 g/mol. The zero-order valence-electron chi connectivity index (χ0n) is 15.1. The van der Waals surface area contributed by atoms with Gasteiger partial charge >= 0.3 is 0 Å². The van der Waals surface area contributed by atoms with Crippen LogP contribution in [-0.4, -0.2) is 17.7 Å². The number of pyridine rings is 1. The van der Waals surface area contributed by atoms with Crippen molar-refractivity contribution in [1.82, 2.24) is 4.98 Å². The second-order valence-electron chi connectivity index (χ2n) is 6.02. The van der Waals surface area contributed by atoms with Crippen molar-refractivity contribution in [2.24, 2.45) is 0 Å². The van der Waals surface area contributed by atoms with Gasteiger partial charge < -0.3 is 14.2 Å². The third-order valence-corrected chi connectivity index (χ3v) is 3.87. The second kappa shape index (κ2) is 8.90. The lowest BCUT2D eigenvalue weighted by Crippen LogP contribution is -2.24. The molecule has 1 unspecified atom stereocenters. The van der Waals surface area contributed by atoms with E-state index in [9.17, 15) is 0 Å². The summed E-state index contributed by atoms with van der Waals surface area (Å²) in [7, 11) is 0. The molecule has 1 heterocycles. The number of aryl methyl sites for hydroxylation is 1. The summed E-state index contributed by atoms with van der Waals surface area (Å²) in [6.45, 7) is 4.57. The van der Waals surface area contributed by atoms with Crippen molar-refractivity contribution in [3.8, 4) is 23.1 Å². The van der Waals surface area contributed by atoms with Crippen LogP contribution in [0.5, 0.6) is 23.1 Å². The Kier molecular flexibility index (Phi) is 6.09. The van der Waals surface area contributed by atoms with Gasteiger partial charge in [-0.2, -0.15) is 0 Å². The summed E-state index contributed by atoms with van der Waals surface area (Å²) in [6.07, 6.45) is 2.51. The van der Waals surface area contributed by atoms with Crippen molar-refractivity contribution in [2.75, 3.05) is 6.61 Å². The molecule has 0 radical (unpaired) electrons. The average Bonchev–Trinajstić information content (AvgIpc) is 2.67. The van der Waals surface area contributed by atoms with Crippen molar-refractivity contribution >= 4 is 0 Å². The molecule has 3 aromatic rings. The minimum atomic E-state index is -0.0480. The molecule has 0 aliphatic heterocycles. The van der Waals surface area contributed by atoms with Crippen molar-refractivity contribution in [3.05, 3.63) is 78.5 Å². The Morgan fingerprint density at radius 3 is 2.38 bits per heavy atom. The number of aromatic nitrogens is 1. The molecular formula is C22H23NO3. The van der Waals surface area contributed by atoms with Crippen LogP contribution in [0.3, 0.4) is 0 Å². The van der Waals surface area contributed by atoms with Crippen LogP contribution < -0.4 is 14.2 Å². The highest BCUT2D eigenvalue weighted by atomic mass is 16.5. The van der Waals surface area contributed by atoms with Gasteiger partial charge in [0, 0.05) is 12.3 Å². The van der Waals surface area contributed by atoms with E-state index in [1.165, 1.54) is 5.56 Å². The van der Waals surface area contributed by atoms with Gasteiger partial charge in [-0.1, -0.05) is 25.1 Å². The molecule has 0 saturated heterocycles. The number of nitrogens with zero attached hydrogens (tertiary/aromatic N) is 1. The molecule has 0 fully saturated rings. The van der Waals surface area contributed by atoms with Crippen LogP contribution in [0.1, 0.15) is 18.9 Å². The Hall–Kier alpha value is -3.01. The van der Waals surface area contributed by atoms with E-state index in [-0.39, 0.29) is 6.10 Å². The number of hydrogen-bond donors (Lipinski definition) is 0. The highest BCUT2D eigenvalue weighted by Crippen LogP contribution is 2.24. The predicted octanol–water partition coefficient (Wildman–Crippen LogP) is 5.42. The van der Waals surface area contributed by atoms with Crippen molar-refractivity contribution < 1.29 is 14.2 Å². The number of rotatable bonds is 8. The molecule has 0 aliphatic rings. The van der Waals surface area contributed by atoms with E-state index in [4.69, 9.17) is 14.2 Å². The summed E-state index contributed by atoms with van der Waals surface area (Å²) in [4.78, 5) is 4.18. The van der Waals surface area contributed by atoms with Crippen molar-refractivity contribution in [1.29, 1.82) is 0 Å². The summed E-state index contributed by atoms with van der Waals surface area (Å²) in [5.41, 5.74) is 1.17. The fourth-order valence-corrected chi connectivity index (χ4v) is 2.43. The van der Waals surface area contributed by atoms with E-state index in [0.29, 0.717) is 12.5 Å². The molecule has 4 heteroatoms. The largest absolute Gasteiger partial charge is 0.490 e. The lowest BCUT2D eigenvalue weighted by Gasteiger charge is -2.17. The van der Waals surface area contributed by atoms with E-state index in [0.717, 1.165) is 23.7 Å². The molecule has 0 aliphatic carbocycles. The van der Waals surface area contributed by atoms with Crippen molar-refractivity contribution in [2.45, 2.75) is 26.4 Å². The first-order valence-corrected chi connectivity index (χ1v) is 8.78. The van der Waals surface area contributed by atoms with E-state index >= 15 is 0 Å². The Bertz CT molecular complexity index is 803. The third-order valence-electron chi connectivity index (χ3n) is 3.87. The van der Waals surface area contributed by atoms with Crippen LogP contribution in [0.25, 0.3) is 0 Å². The van der Waals surface area contributed by atoms with Gasteiger partial charge in [-0.05, 0) is 61.4 Å². The van der Waals surface area contributed by atoms with Gasteiger partial charge in [0.1, 0.15) is 30.0 Å². The van der Waals surface area contributed by atoms with Crippen LogP contribution in [0.4, 0.5) is 0 Å². The van der Waals surface area contributed by atoms with Crippen LogP contribution >= 0.6 is 0 Å². The van der Waals surface area contributed by atoms with Crippen LogP contribution in [0.2, 0.25) is 0 Å². The summed E-state index contributed by atoms with van der Waals surface area (Å²) in [5, 5.41) is 0. The minimum absolute atomic E-state index is 0.0480. The Labute approximate surface area is 154 Å². The molecule has 26 heavy (non-hydrogen) atoms. The summed E-state index contributed by atoms with van der Waals surface area (Å²) in [6, 6.07) is 21.2. The van der Waals surface area contributed by atoms with E-state index in [2.05, 4.69) is 11.9 Å². The van der Waals surface area contributed by atoms with Gasteiger partial charge in [0.05, 0.1) is 0 Å². The molecule has 0 spiro atoms. The van der Waals surface area contributed by atoms with Crippen molar-refractivity contribution in [3.63, 3.8) is 0 Å². The normalized spacial score (nSPS) is 11.6. The van der Waals surface area contributed by atoms with Crippen LogP contribution in [-0.2, 0) is 0 Å². The predicted molar refractivity (Wildman–Crippen MR) is 102 cm³/mol. The van der Waals surface area contributed by atoms with Gasteiger partial charge in [-0.3, -0.25) is 0 Å². The molecular weight excluding hydrogens is 326 g/mol. The summed E-state index contributed by atoms with van der Waals surface area (Å²) in [5.74, 6) is 3.00. The Morgan fingerprint density at radius 1 is 0.885 bits per heavy atom.